The minimum Gasteiger partial charge on any atom is -0.360 e. The quantitative estimate of drug-likeness (QED) is 0.441. The van der Waals surface area contributed by atoms with Crippen LogP contribution in [-0.4, -0.2) is 19.4 Å². The van der Waals surface area contributed by atoms with E-state index in [0.717, 1.165) is 45.7 Å². The zero-order chi connectivity index (χ0) is 19.1. The van der Waals surface area contributed by atoms with Crippen molar-refractivity contribution in [1.82, 2.24) is 19.4 Å². The van der Waals surface area contributed by atoms with E-state index in [-0.39, 0.29) is 0 Å². The first kappa shape index (κ1) is 16.6. The maximum absolute atomic E-state index is 4.90. The van der Waals surface area contributed by atoms with Crippen LogP contribution in [0.5, 0.6) is 0 Å². The van der Waals surface area contributed by atoms with Gasteiger partial charge in [-0.3, -0.25) is 9.38 Å². The lowest BCUT2D eigenvalue weighted by atomic mass is 10.1. The van der Waals surface area contributed by atoms with Gasteiger partial charge in [0.2, 0.25) is 0 Å². The van der Waals surface area contributed by atoms with Crippen LogP contribution in [0.2, 0.25) is 0 Å². The Bertz CT molecular complexity index is 1300. The number of hydrogen-bond acceptors (Lipinski definition) is 3. The lowest BCUT2D eigenvalue weighted by Crippen LogP contribution is -2.02. The molecule has 0 amide bonds. The van der Waals surface area contributed by atoms with E-state index in [2.05, 4.69) is 69.9 Å². The molecule has 138 valence electrons. The first-order valence-electron chi connectivity index (χ1n) is 9.50. The molecule has 0 fully saturated rings. The number of anilines is 2. The molecule has 2 N–H and O–H groups in total. The van der Waals surface area contributed by atoms with Crippen molar-refractivity contribution in [2.24, 2.45) is 0 Å². The maximum Gasteiger partial charge on any atom is 0.157 e. The number of imidazole rings is 1. The molecule has 0 bridgehead atoms. The highest BCUT2D eigenvalue weighted by atomic mass is 15.1. The standard InChI is InChI=1S/C23H21N5/c1-3-16-8-6-7-15(2)21(16)27-23-22(26-20-14-24-11-12-28(20)23)18-13-25-19-10-5-4-9-17(18)19/h4-14,25,27H,3H2,1-2H3. The molecule has 28 heavy (non-hydrogen) atoms. The molecular formula is C23H21N5. The van der Waals surface area contributed by atoms with Gasteiger partial charge in [-0.2, -0.15) is 0 Å². The third-order valence-corrected chi connectivity index (χ3v) is 5.26. The molecule has 3 aromatic heterocycles. The fourth-order valence-corrected chi connectivity index (χ4v) is 3.80. The summed E-state index contributed by atoms with van der Waals surface area (Å²) < 4.78 is 2.07. The number of rotatable bonds is 4. The highest BCUT2D eigenvalue weighted by Gasteiger charge is 2.18. The monoisotopic (exact) mass is 367 g/mol. The second-order valence-corrected chi connectivity index (χ2v) is 6.95. The smallest absolute Gasteiger partial charge is 0.157 e. The van der Waals surface area contributed by atoms with Crippen LogP contribution in [0.3, 0.4) is 0 Å². The van der Waals surface area contributed by atoms with Crippen molar-refractivity contribution in [2.45, 2.75) is 20.3 Å². The average Bonchev–Trinajstić information content (AvgIpc) is 3.31. The van der Waals surface area contributed by atoms with Gasteiger partial charge in [-0.15, -0.1) is 0 Å². The minimum absolute atomic E-state index is 0.817. The molecule has 5 nitrogen and oxygen atoms in total. The molecule has 3 heterocycles. The van der Waals surface area contributed by atoms with E-state index in [4.69, 9.17) is 4.98 Å². The molecule has 0 aliphatic carbocycles. The fourth-order valence-electron chi connectivity index (χ4n) is 3.80. The second kappa shape index (κ2) is 6.53. The molecule has 0 aliphatic heterocycles. The topological polar surface area (TPSA) is 58.0 Å². The van der Waals surface area contributed by atoms with Crippen molar-refractivity contribution >= 4 is 28.1 Å². The number of H-pyrrole nitrogens is 1. The molecule has 0 radical (unpaired) electrons. The summed E-state index contributed by atoms with van der Waals surface area (Å²) in [5, 5.41) is 4.85. The van der Waals surface area contributed by atoms with Crippen molar-refractivity contribution in [2.75, 3.05) is 5.32 Å². The Morgan fingerprint density at radius 1 is 1.11 bits per heavy atom. The maximum atomic E-state index is 4.90. The molecule has 0 saturated carbocycles. The first-order chi connectivity index (χ1) is 13.8. The molecule has 0 saturated heterocycles. The van der Waals surface area contributed by atoms with Gasteiger partial charge in [-0.25, -0.2) is 4.98 Å². The Hall–Kier alpha value is -3.60. The van der Waals surface area contributed by atoms with E-state index in [0.29, 0.717) is 0 Å². The van der Waals surface area contributed by atoms with Gasteiger partial charge >= 0.3 is 0 Å². The van der Waals surface area contributed by atoms with Crippen LogP contribution in [0.1, 0.15) is 18.1 Å². The second-order valence-electron chi connectivity index (χ2n) is 6.95. The van der Waals surface area contributed by atoms with Gasteiger partial charge in [0.05, 0.1) is 6.20 Å². The summed E-state index contributed by atoms with van der Waals surface area (Å²) in [6.07, 6.45) is 8.53. The number of aryl methyl sites for hydroxylation is 2. The largest absolute Gasteiger partial charge is 0.360 e. The van der Waals surface area contributed by atoms with Crippen LogP contribution in [0.15, 0.2) is 67.3 Å². The zero-order valence-corrected chi connectivity index (χ0v) is 15.9. The third-order valence-electron chi connectivity index (χ3n) is 5.26. The summed E-state index contributed by atoms with van der Waals surface area (Å²) >= 11 is 0. The van der Waals surface area contributed by atoms with Crippen molar-refractivity contribution in [3.8, 4) is 11.3 Å². The van der Waals surface area contributed by atoms with Gasteiger partial charge < -0.3 is 10.3 Å². The predicted octanol–water partition coefficient (Wildman–Crippen LogP) is 5.49. The number of hydrogen-bond donors (Lipinski definition) is 2. The molecule has 0 aliphatic rings. The fraction of sp³-hybridized carbons (Fsp3) is 0.130. The number of nitrogens with zero attached hydrogens (tertiary/aromatic N) is 3. The normalized spacial score (nSPS) is 11.4. The van der Waals surface area contributed by atoms with Gasteiger partial charge in [-0.1, -0.05) is 43.3 Å². The Morgan fingerprint density at radius 2 is 2.00 bits per heavy atom. The summed E-state index contributed by atoms with van der Waals surface area (Å²) in [5.41, 5.74) is 7.55. The number of aromatic nitrogens is 4. The highest BCUT2D eigenvalue weighted by Crippen LogP contribution is 2.36. The molecule has 2 aromatic carbocycles. The Morgan fingerprint density at radius 3 is 2.89 bits per heavy atom. The van der Waals surface area contributed by atoms with Crippen molar-refractivity contribution in [1.29, 1.82) is 0 Å². The third kappa shape index (κ3) is 2.55. The number of benzene rings is 2. The van der Waals surface area contributed by atoms with Crippen LogP contribution in [0.25, 0.3) is 27.8 Å². The van der Waals surface area contributed by atoms with Crippen molar-refractivity contribution in [3.05, 3.63) is 78.4 Å². The van der Waals surface area contributed by atoms with E-state index < -0.39 is 0 Å². The molecule has 5 rings (SSSR count). The molecule has 5 heteroatoms. The van der Waals surface area contributed by atoms with Crippen LogP contribution < -0.4 is 5.32 Å². The number of nitrogens with one attached hydrogen (secondary N) is 2. The Labute approximate surface area is 163 Å². The van der Waals surface area contributed by atoms with E-state index in [9.17, 15) is 0 Å². The van der Waals surface area contributed by atoms with Gasteiger partial charge in [0.25, 0.3) is 0 Å². The summed E-state index contributed by atoms with van der Waals surface area (Å²) in [4.78, 5) is 12.5. The van der Waals surface area contributed by atoms with Gasteiger partial charge in [0, 0.05) is 40.7 Å². The average molecular weight is 367 g/mol. The Kier molecular flexibility index (Phi) is 3.86. The highest BCUT2D eigenvalue weighted by molar-refractivity contribution is 5.98. The predicted molar refractivity (Wildman–Crippen MR) is 114 cm³/mol. The summed E-state index contributed by atoms with van der Waals surface area (Å²) in [6, 6.07) is 14.7. The van der Waals surface area contributed by atoms with Gasteiger partial charge in [0.1, 0.15) is 11.5 Å². The lowest BCUT2D eigenvalue weighted by molar-refractivity contribution is 1.11. The number of para-hydroxylation sites is 2. The van der Waals surface area contributed by atoms with Gasteiger partial charge in [0.15, 0.2) is 5.65 Å². The molecular weight excluding hydrogens is 346 g/mol. The van der Waals surface area contributed by atoms with Crippen LogP contribution >= 0.6 is 0 Å². The summed E-state index contributed by atoms with van der Waals surface area (Å²) in [6.45, 7) is 4.32. The Balaban J connectivity index is 1.76. The molecule has 0 unspecified atom stereocenters. The lowest BCUT2D eigenvalue weighted by Gasteiger charge is -2.15. The zero-order valence-electron chi connectivity index (χ0n) is 15.9. The minimum atomic E-state index is 0.817. The first-order valence-corrected chi connectivity index (χ1v) is 9.50. The molecule has 0 spiro atoms. The van der Waals surface area contributed by atoms with E-state index in [1.54, 1.807) is 12.4 Å². The molecule has 5 aromatic rings. The van der Waals surface area contributed by atoms with Crippen LogP contribution in [0.4, 0.5) is 11.5 Å². The van der Waals surface area contributed by atoms with Gasteiger partial charge in [-0.05, 0) is 30.5 Å². The van der Waals surface area contributed by atoms with E-state index in [1.807, 2.05) is 18.5 Å². The van der Waals surface area contributed by atoms with E-state index in [1.165, 1.54) is 11.1 Å². The van der Waals surface area contributed by atoms with E-state index >= 15 is 0 Å². The summed E-state index contributed by atoms with van der Waals surface area (Å²) in [7, 11) is 0. The molecule has 0 atom stereocenters. The van der Waals surface area contributed by atoms with Crippen molar-refractivity contribution in [3.63, 3.8) is 0 Å². The van der Waals surface area contributed by atoms with Crippen molar-refractivity contribution < 1.29 is 0 Å². The van der Waals surface area contributed by atoms with Crippen LogP contribution in [0, 0.1) is 6.92 Å². The SMILES string of the molecule is CCc1cccc(C)c1Nc1c(-c2c[nH]c3ccccc23)nc2cnccn12. The number of aromatic amines is 1. The number of fused-ring (bicyclic) bond motifs is 2. The summed E-state index contributed by atoms with van der Waals surface area (Å²) in [5.74, 6) is 0.950. The van der Waals surface area contributed by atoms with Crippen LogP contribution in [-0.2, 0) is 6.42 Å².